The van der Waals surface area contributed by atoms with E-state index in [1.165, 1.54) is 5.56 Å². The van der Waals surface area contributed by atoms with E-state index in [4.69, 9.17) is 10.5 Å². The maximum atomic E-state index is 5.94. The lowest BCUT2D eigenvalue weighted by Gasteiger charge is -2.08. The molecule has 0 saturated carbocycles. The minimum absolute atomic E-state index is 0. The van der Waals surface area contributed by atoms with Crippen molar-refractivity contribution in [1.82, 2.24) is 0 Å². The first-order valence-corrected chi connectivity index (χ1v) is 8.02. The molecule has 3 N–H and O–H groups in total. The van der Waals surface area contributed by atoms with Crippen LogP contribution in [0.25, 0.3) is 0 Å². The number of unbranched alkanes of at least 4 members (excludes halogenated alkanes) is 1. The van der Waals surface area contributed by atoms with Crippen molar-refractivity contribution < 1.29 is 4.74 Å². The van der Waals surface area contributed by atoms with Crippen LogP contribution in [0.3, 0.4) is 0 Å². The summed E-state index contributed by atoms with van der Waals surface area (Å²) in [6, 6.07) is 16.0. The van der Waals surface area contributed by atoms with Crippen LogP contribution >= 0.6 is 24.0 Å². The van der Waals surface area contributed by atoms with Gasteiger partial charge in [0.05, 0.1) is 13.2 Å². The third-order valence-corrected chi connectivity index (χ3v) is 3.42. The van der Waals surface area contributed by atoms with E-state index in [1.807, 2.05) is 48.5 Å². The number of hydrogen-bond donors (Lipinski definition) is 2. The highest BCUT2D eigenvalue weighted by molar-refractivity contribution is 14.0. The minimum Gasteiger partial charge on any atom is -0.494 e. The number of aliphatic imine (C=N–C) groups is 1. The van der Waals surface area contributed by atoms with Gasteiger partial charge in [-0.25, -0.2) is 4.99 Å². The first-order chi connectivity index (χ1) is 11.2. The van der Waals surface area contributed by atoms with E-state index in [-0.39, 0.29) is 24.0 Å². The first-order valence-electron chi connectivity index (χ1n) is 8.02. The molecule has 0 fully saturated rings. The maximum Gasteiger partial charge on any atom is 0.193 e. The molecule has 0 aliphatic carbocycles. The predicted octanol–water partition coefficient (Wildman–Crippen LogP) is 4.72. The normalized spacial score (nSPS) is 10.8. The number of halogens is 1. The maximum absolute atomic E-state index is 5.94. The fourth-order valence-corrected chi connectivity index (χ4v) is 2.07. The van der Waals surface area contributed by atoms with Gasteiger partial charge >= 0.3 is 0 Å². The molecule has 0 aromatic heterocycles. The summed E-state index contributed by atoms with van der Waals surface area (Å²) >= 11 is 0. The fourth-order valence-electron chi connectivity index (χ4n) is 2.07. The SMILES string of the molecule is CCCCOc1cccc(CN=C(N)Nc2ccc(C)cc2)c1.I. The van der Waals surface area contributed by atoms with Crippen LogP contribution in [-0.2, 0) is 6.54 Å². The van der Waals surface area contributed by atoms with Crippen LogP contribution in [0.4, 0.5) is 5.69 Å². The van der Waals surface area contributed by atoms with E-state index in [9.17, 15) is 0 Å². The third-order valence-electron chi connectivity index (χ3n) is 3.42. The zero-order valence-electron chi connectivity index (χ0n) is 14.3. The van der Waals surface area contributed by atoms with Crippen molar-refractivity contribution in [3.63, 3.8) is 0 Å². The molecular weight excluding hydrogens is 413 g/mol. The number of nitrogens with one attached hydrogen (secondary N) is 1. The van der Waals surface area contributed by atoms with Crippen molar-refractivity contribution >= 4 is 35.6 Å². The molecule has 0 atom stereocenters. The van der Waals surface area contributed by atoms with Crippen molar-refractivity contribution in [2.45, 2.75) is 33.2 Å². The summed E-state index contributed by atoms with van der Waals surface area (Å²) in [6.45, 7) is 5.48. The topological polar surface area (TPSA) is 59.6 Å². The Balaban J connectivity index is 0.00000288. The number of aryl methyl sites for hydroxylation is 1. The standard InChI is InChI=1S/C19H25N3O.HI/c1-3-4-12-23-18-7-5-6-16(13-18)14-21-19(20)22-17-10-8-15(2)9-11-17;/h5-11,13H,3-4,12,14H2,1-2H3,(H3,20,21,22);1H. The predicted molar refractivity (Wildman–Crippen MR) is 112 cm³/mol. The smallest absolute Gasteiger partial charge is 0.193 e. The highest BCUT2D eigenvalue weighted by atomic mass is 127. The Bertz CT molecular complexity index is 641. The molecule has 0 bridgehead atoms. The second-order valence-corrected chi connectivity index (χ2v) is 5.54. The Morgan fingerprint density at radius 2 is 1.92 bits per heavy atom. The highest BCUT2D eigenvalue weighted by Gasteiger charge is 1.98. The highest BCUT2D eigenvalue weighted by Crippen LogP contribution is 2.15. The lowest BCUT2D eigenvalue weighted by atomic mass is 10.2. The second-order valence-electron chi connectivity index (χ2n) is 5.54. The average Bonchev–Trinajstić information content (AvgIpc) is 2.56. The van der Waals surface area contributed by atoms with E-state index in [1.54, 1.807) is 0 Å². The quantitative estimate of drug-likeness (QED) is 0.284. The van der Waals surface area contributed by atoms with E-state index in [0.29, 0.717) is 12.5 Å². The summed E-state index contributed by atoms with van der Waals surface area (Å²) < 4.78 is 5.71. The average molecular weight is 439 g/mol. The van der Waals surface area contributed by atoms with E-state index >= 15 is 0 Å². The Kier molecular flexibility index (Phi) is 9.22. The van der Waals surface area contributed by atoms with Crippen molar-refractivity contribution in [3.05, 3.63) is 59.7 Å². The van der Waals surface area contributed by atoms with Crippen LogP contribution in [0.2, 0.25) is 0 Å². The van der Waals surface area contributed by atoms with Gasteiger partial charge in [-0.1, -0.05) is 43.2 Å². The van der Waals surface area contributed by atoms with Crippen LogP contribution in [0, 0.1) is 6.92 Å². The Labute approximate surface area is 161 Å². The van der Waals surface area contributed by atoms with E-state index in [0.717, 1.165) is 36.4 Å². The number of anilines is 1. The molecule has 0 unspecified atom stereocenters. The Morgan fingerprint density at radius 3 is 2.62 bits per heavy atom. The number of guanidine groups is 1. The monoisotopic (exact) mass is 439 g/mol. The first kappa shape index (κ1) is 20.3. The number of nitrogens with two attached hydrogens (primary N) is 1. The summed E-state index contributed by atoms with van der Waals surface area (Å²) in [5, 5.41) is 3.09. The lowest BCUT2D eigenvalue weighted by molar-refractivity contribution is 0.309. The zero-order chi connectivity index (χ0) is 16.5. The van der Waals surface area contributed by atoms with Gasteiger partial charge in [0.25, 0.3) is 0 Å². The van der Waals surface area contributed by atoms with Gasteiger partial charge in [-0.2, -0.15) is 0 Å². The van der Waals surface area contributed by atoms with E-state index in [2.05, 4.69) is 24.2 Å². The summed E-state index contributed by atoms with van der Waals surface area (Å²) in [5.41, 5.74) is 9.16. The molecular formula is C19H26IN3O. The van der Waals surface area contributed by atoms with Gasteiger partial charge in [0.2, 0.25) is 0 Å². The van der Waals surface area contributed by atoms with Crippen LogP contribution in [0.5, 0.6) is 5.75 Å². The van der Waals surface area contributed by atoms with Crippen LogP contribution in [0.15, 0.2) is 53.5 Å². The largest absolute Gasteiger partial charge is 0.494 e. The second kappa shape index (κ2) is 10.9. The zero-order valence-corrected chi connectivity index (χ0v) is 16.6. The van der Waals surface area contributed by atoms with Crippen molar-refractivity contribution in [1.29, 1.82) is 0 Å². The number of ether oxygens (including phenoxy) is 1. The molecule has 0 aliphatic heterocycles. The summed E-state index contributed by atoms with van der Waals surface area (Å²) in [7, 11) is 0. The Morgan fingerprint density at radius 1 is 1.17 bits per heavy atom. The summed E-state index contributed by atoms with van der Waals surface area (Å²) in [6.07, 6.45) is 2.20. The molecule has 2 rings (SSSR count). The molecule has 5 heteroatoms. The molecule has 0 saturated heterocycles. The van der Waals surface area contributed by atoms with Gasteiger partial charge in [0, 0.05) is 5.69 Å². The number of benzene rings is 2. The molecule has 0 aliphatic rings. The fraction of sp³-hybridized carbons (Fsp3) is 0.316. The molecule has 24 heavy (non-hydrogen) atoms. The van der Waals surface area contributed by atoms with Crippen LogP contribution in [0.1, 0.15) is 30.9 Å². The molecule has 0 heterocycles. The molecule has 4 nitrogen and oxygen atoms in total. The third kappa shape index (κ3) is 7.21. The number of rotatable bonds is 7. The molecule has 2 aromatic rings. The van der Waals surface area contributed by atoms with Crippen molar-refractivity contribution in [2.75, 3.05) is 11.9 Å². The van der Waals surface area contributed by atoms with E-state index < -0.39 is 0 Å². The van der Waals surface area contributed by atoms with Gasteiger partial charge in [-0.3, -0.25) is 0 Å². The van der Waals surface area contributed by atoms with Crippen molar-refractivity contribution in [3.8, 4) is 5.75 Å². The van der Waals surface area contributed by atoms with Gasteiger partial charge < -0.3 is 15.8 Å². The molecule has 0 spiro atoms. The van der Waals surface area contributed by atoms with Gasteiger partial charge in [0.15, 0.2) is 5.96 Å². The molecule has 2 aromatic carbocycles. The van der Waals surface area contributed by atoms with Crippen LogP contribution in [-0.4, -0.2) is 12.6 Å². The van der Waals surface area contributed by atoms with Gasteiger partial charge in [-0.15, -0.1) is 24.0 Å². The number of nitrogens with zero attached hydrogens (tertiary/aromatic N) is 1. The molecule has 130 valence electrons. The number of hydrogen-bond acceptors (Lipinski definition) is 2. The summed E-state index contributed by atoms with van der Waals surface area (Å²) in [5.74, 6) is 1.29. The van der Waals surface area contributed by atoms with Crippen LogP contribution < -0.4 is 15.8 Å². The molecule has 0 radical (unpaired) electrons. The lowest BCUT2D eigenvalue weighted by Crippen LogP contribution is -2.22. The minimum atomic E-state index is 0. The van der Waals surface area contributed by atoms with Gasteiger partial charge in [-0.05, 0) is 43.2 Å². The Hall–Kier alpha value is -1.76. The molecule has 0 amide bonds. The van der Waals surface area contributed by atoms with Crippen molar-refractivity contribution in [2.24, 2.45) is 10.7 Å². The summed E-state index contributed by atoms with van der Waals surface area (Å²) in [4.78, 5) is 4.38. The van der Waals surface area contributed by atoms with Gasteiger partial charge in [0.1, 0.15) is 5.75 Å².